The van der Waals surface area contributed by atoms with Crippen LogP contribution >= 0.6 is 0 Å². The van der Waals surface area contributed by atoms with Crippen molar-refractivity contribution in [2.75, 3.05) is 0 Å². The molecule has 0 amide bonds. The molecule has 0 radical (unpaired) electrons. The molecule has 0 saturated carbocycles. The molecular formula is C16H25FO. The molecule has 0 spiro atoms. The molecule has 2 atom stereocenters. The zero-order valence-electron chi connectivity index (χ0n) is 11.7. The Morgan fingerprint density at radius 2 is 2.00 bits per heavy atom. The maximum absolute atomic E-state index is 13.7. The van der Waals surface area contributed by atoms with Crippen LogP contribution in [0.3, 0.4) is 0 Å². The molecule has 1 rings (SSSR count). The zero-order chi connectivity index (χ0) is 13.5. The highest BCUT2D eigenvalue weighted by Crippen LogP contribution is 2.28. The van der Waals surface area contributed by atoms with Crippen molar-refractivity contribution in [3.05, 3.63) is 35.1 Å². The molecule has 0 fully saturated rings. The molecule has 0 heterocycles. The normalized spacial score (nSPS) is 14.5. The van der Waals surface area contributed by atoms with Gasteiger partial charge in [0.2, 0.25) is 0 Å². The number of hydrogen-bond donors (Lipinski definition) is 1. The highest BCUT2D eigenvalue weighted by Gasteiger charge is 2.17. The van der Waals surface area contributed by atoms with E-state index < -0.39 is 6.10 Å². The summed E-state index contributed by atoms with van der Waals surface area (Å²) in [5.74, 6) is 0.193. The molecule has 0 aromatic heterocycles. The molecule has 0 aliphatic heterocycles. The largest absolute Gasteiger partial charge is 0.388 e. The van der Waals surface area contributed by atoms with Crippen LogP contribution in [0.2, 0.25) is 0 Å². The average Bonchev–Trinajstić information content (AvgIpc) is 2.37. The van der Waals surface area contributed by atoms with Crippen LogP contribution in [0.4, 0.5) is 4.39 Å². The summed E-state index contributed by atoms with van der Waals surface area (Å²) in [7, 11) is 0. The van der Waals surface area contributed by atoms with E-state index in [0.29, 0.717) is 17.9 Å². The molecule has 1 aromatic rings. The summed E-state index contributed by atoms with van der Waals surface area (Å²) in [6.45, 7) is 6.23. The van der Waals surface area contributed by atoms with Crippen molar-refractivity contribution in [2.24, 2.45) is 5.92 Å². The molecule has 0 bridgehead atoms. The van der Waals surface area contributed by atoms with Crippen molar-refractivity contribution in [3.63, 3.8) is 0 Å². The van der Waals surface area contributed by atoms with Gasteiger partial charge in [-0.3, -0.25) is 0 Å². The predicted molar refractivity (Wildman–Crippen MR) is 74.0 cm³/mol. The van der Waals surface area contributed by atoms with Crippen molar-refractivity contribution in [1.82, 2.24) is 0 Å². The van der Waals surface area contributed by atoms with Crippen molar-refractivity contribution in [3.8, 4) is 0 Å². The Bertz CT molecular complexity index is 362. The molecule has 2 heteroatoms. The molecule has 1 aromatic carbocycles. The SMILES string of the molecule is CCCCC(CC)CC(O)c1cc(C)ccc1F. The van der Waals surface area contributed by atoms with Crippen LogP contribution in [-0.4, -0.2) is 5.11 Å². The first-order valence-corrected chi connectivity index (χ1v) is 7.02. The van der Waals surface area contributed by atoms with Gasteiger partial charge in [-0.1, -0.05) is 57.2 Å². The Morgan fingerprint density at radius 1 is 1.28 bits per heavy atom. The number of aryl methyl sites for hydroxylation is 1. The molecule has 1 N–H and O–H groups in total. The van der Waals surface area contributed by atoms with E-state index in [1.54, 1.807) is 12.1 Å². The Balaban J connectivity index is 2.67. The Labute approximate surface area is 110 Å². The molecule has 102 valence electrons. The zero-order valence-corrected chi connectivity index (χ0v) is 11.7. The predicted octanol–water partition coefficient (Wildman–Crippen LogP) is 4.77. The quantitative estimate of drug-likeness (QED) is 0.740. The summed E-state index contributed by atoms with van der Waals surface area (Å²) >= 11 is 0. The summed E-state index contributed by atoms with van der Waals surface area (Å²) in [4.78, 5) is 0. The summed E-state index contributed by atoms with van der Waals surface area (Å²) in [6.07, 6.45) is 4.51. The molecule has 0 aliphatic carbocycles. The van der Waals surface area contributed by atoms with E-state index in [1.165, 1.54) is 18.9 Å². The smallest absolute Gasteiger partial charge is 0.129 e. The first-order valence-electron chi connectivity index (χ1n) is 7.02. The average molecular weight is 252 g/mol. The number of aliphatic hydroxyl groups excluding tert-OH is 1. The van der Waals surface area contributed by atoms with Crippen LogP contribution < -0.4 is 0 Å². The summed E-state index contributed by atoms with van der Waals surface area (Å²) in [5.41, 5.74) is 1.44. The lowest BCUT2D eigenvalue weighted by atomic mass is 9.90. The molecule has 0 saturated heterocycles. The second-order valence-corrected chi connectivity index (χ2v) is 5.19. The first kappa shape index (κ1) is 15.2. The van der Waals surface area contributed by atoms with Gasteiger partial charge in [-0.15, -0.1) is 0 Å². The monoisotopic (exact) mass is 252 g/mol. The van der Waals surface area contributed by atoms with Crippen LogP contribution in [0.1, 0.15) is 63.2 Å². The third kappa shape index (κ3) is 4.41. The van der Waals surface area contributed by atoms with Gasteiger partial charge in [-0.05, 0) is 25.3 Å². The minimum absolute atomic E-state index is 0.293. The van der Waals surface area contributed by atoms with Gasteiger partial charge in [0.05, 0.1) is 6.10 Å². The highest BCUT2D eigenvalue weighted by molar-refractivity contribution is 5.25. The number of halogens is 1. The van der Waals surface area contributed by atoms with E-state index in [4.69, 9.17) is 0 Å². The number of aliphatic hydroxyl groups is 1. The third-order valence-electron chi connectivity index (χ3n) is 3.61. The second kappa shape index (κ2) is 7.52. The van der Waals surface area contributed by atoms with E-state index in [1.807, 2.05) is 6.92 Å². The van der Waals surface area contributed by atoms with E-state index >= 15 is 0 Å². The highest BCUT2D eigenvalue weighted by atomic mass is 19.1. The van der Waals surface area contributed by atoms with Crippen LogP contribution in [0.25, 0.3) is 0 Å². The lowest BCUT2D eigenvalue weighted by molar-refractivity contribution is 0.135. The number of benzene rings is 1. The van der Waals surface area contributed by atoms with E-state index in [2.05, 4.69) is 13.8 Å². The standard InChI is InChI=1S/C16H25FO/c1-4-6-7-13(5-2)11-16(18)14-10-12(3)8-9-15(14)17/h8-10,13,16,18H,4-7,11H2,1-3H3. The Kier molecular flexibility index (Phi) is 6.34. The third-order valence-corrected chi connectivity index (χ3v) is 3.61. The minimum atomic E-state index is -0.674. The fraction of sp³-hybridized carbons (Fsp3) is 0.625. The Hall–Kier alpha value is -0.890. The maximum atomic E-state index is 13.7. The molecule has 1 nitrogen and oxygen atoms in total. The van der Waals surface area contributed by atoms with E-state index in [-0.39, 0.29) is 5.82 Å². The van der Waals surface area contributed by atoms with Gasteiger partial charge in [0.15, 0.2) is 0 Å². The van der Waals surface area contributed by atoms with Crippen LogP contribution in [0, 0.1) is 18.7 Å². The van der Waals surface area contributed by atoms with Crippen LogP contribution in [0.15, 0.2) is 18.2 Å². The fourth-order valence-corrected chi connectivity index (χ4v) is 2.34. The molecule has 2 unspecified atom stereocenters. The lowest BCUT2D eigenvalue weighted by Gasteiger charge is -2.19. The van der Waals surface area contributed by atoms with Crippen molar-refractivity contribution < 1.29 is 9.50 Å². The van der Waals surface area contributed by atoms with Gasteiger partial charge >= 0.3 is 0 Å². The fourth-order valence-electron chi connectivity index (χ4n) is 2.34. The van der Waals surface area contributed by atoms with Gasteiger partial charge in [0.25, 0.3) is 0 Å². The topological polar surface area (TPSA) is 20.2 Å². The summed E-state index contributed by atoms with van der Waals surface area (Å²) in [6, 6.07) is 4.94. The number of unbranched alkanes of at least 4 members (excludes halogenated alkanes) is 1. The lowest BCUT2D eigenvalue weighted by Crippen LogP contribution is -2.08. The van der Waals surface area contributed by atoms with Gasteiger partial charge < -0.3 is 5.11 Å². The summed E-state index contributed by atoms with van der Waals surface area (Å²) in [5, 5.41) is 10.2. The molecule has 0 aliphatic rings. The Morgan fingerprint density at radius 3 is 2.61 bits per heavy atom. The summed E-state index contributed by atoms with van der Waals surface area (Å²) < 4.78 is 13.7. The van der Waals surface area contributed by atoms with Crippen LogP contribution in [0.5, 0.6) is 0 Å². The molecule has 18 heavy (non-hydrogen) atoms. The van der Waals surface area contributed by atoms with E-state index in [9.17, 15) is 9.50 Å². The maximum Gasteiger partial charge on any atom is 0.129 e. The van der Waals surface area contributed by atoms with Gasteiger partial charge in [-0.25, -0.2) is 4.39 Å². The van der Waals surface area contributed by atoms with Gasteiger partial charge in [0.1, 0.15) is 5.82 Å². The van der Waals surface area contributed by atoms with Crippen LogP contribution in [-0.2, 0) is 0 Å². The van der Waals surface area contributed by atoms with Crippen molar-refractivity contribution >= 4 is 0 Å². The van der Waals surface area contributed by atoms with Gasteiger partial charge in [-0.2, -0.15) is 0 Å². The van der Waals surface area contributed by atoms with Crippen molar-refractivity contribution in [1.29, 1.82) is 0 Å². The van der Waals surface area contributed by atoms with E-state index in [0.717, 1.165) is 18.4 Å². The van der Waals surface area contributed by atoms with Gasteiger partial charge in [0, 0.05) is 5.56 Å². The first-order chi connectivity index (χ1) is 8.58. The number of rotatable bonds is 7. The minimum Gasteiger partial charge on any atom is -0.388 e. The second-order valence-electron chi connectivity index (χ2n) is 5.19. The molecular weight excluding hydrogens is 227 g/mol. The van der Waals surface area contributed by atoms with Crippen molar-refractivity contribution in [2.45, 2.75) is 59.0 Å². The number of hydrogen-bond acceptors (Lipinski definition) is 1.